The van der Waals surface area contributed by atoms with Crippen LogP contribution in [0.5, 0.6) is 5.75 Å². The third-order valence-electron chi connectivity index (χ3n) is 2.94. The number of carbonyl (C=O) groups is 1. The second-order valence-corrected chi connectivity index (χ2v) is 4.26. The highest BCUT2D eigenvalue weighted by molar-refractivity contribution is 6.01. The van der Waals surface area contributed by atoms with Crippen molar-refractivity contribution in [2.75, 3.05) is 5.73 Å². The molecule has 3 heteroatoms. The van der Waals surface area contributed by atoms with Crippen LogP contribution >= 0.6 is 0 Å². The standard InChI is InChI=1S/C12H15NO2/c1-3-12(2)7-10(14)9-6-8(13)4-5-11(9)15-12/h4-6H,3,7,13H2,1-2H3. The van der Waals surface area contributed by atoms with Gasteiger partial charge >= 0.3 is 0 Å². The lowest BCUT2D eigenvalue weighted by atomic mass is 9.89. The Kier molecular flexibility index (Phi) is 2.18. The lowest BCUT2D eigenvalue weighted by molar-refractivity contribution is 0.0499. The van der Waals surface area contributed by atoms with Crippen LogP contribution in [0.1, 0.15) is 37.0 Å². The lowest BCUT2D eigenvalue weighted by Crippen LogP contribution is -2.38. The number of Topliss-reactive ketones (excluding diaryl/α,β-unsaturated/α-hetero) is 1. The summed E-state index contributed by atoms with van der Waals surface area (Å²) in [7, 11) is 0. The zero-order valence-electron chi connectivity index (χ0n) is 9.04. The second-order valence-electron chi connectivity index (χ2n) is 4.26. The number of nitrogen functional groups attached to an aromatic ring is 1. The van der Waals surface area contributed by atoms with E-state index in [1.54, 1.807) is 18.2 Å². The molecule has 1 aromatic carbocycles. The van der Waals surface area contributed by atoms with Crippen molar-refractivity contribution < 1.29 is 9.53 Å². The number of carbonyl (C=O) groups excluding carboxylic acids is 1. The van der Waals surface area contributed by atoms with Gasteiger partial charge in [-0.3, -0.25) is 4.79 Å². The van der Waals surface area contributed by atoms with Crippen LogP contribution in [-0.4, -0.2) is 11.4 Å². The van der Waals surface area contributed by atoms with Crippen molar-refractivity contribution in [1.29, 1.82) is 0 Å². The van der Waals surface area contributed by atoms with Crippen molar-refractivity contribution in [3.63, 3.8) is 0 Å². The summed E-state index contributed by atoms with van der Waals surface area (Å²) in [5.74, 6) is 0.776. The van der Waals surface area contributed by atoms with Gasteiger partial charge < -0.3 is 10.5 Å². The van der Waals surface area contributed by atoms with Gasteiger partial charge in [-0.2, -0.15) is 0 Å². The second kappa shape index (κ2) is 3.26. The molecule has 0 amide bonds. The van der Waals surface area contributed by atoms with Crippen LogP contribution in [0.25, 0.3) is 0 Å². The van der Waals surface area contributed by atoms with Crippen molar-refractivity contribution in [3.8, 4) is 5.75 Å². The molecule has 3 nitrogen and oxygen atoms in total. The summed E-state index contributed by atoms with van der Waals surface area (Å²) in [4.78, 5) is 11.9. The Morgan fingerprint density at radius 2 is 2.27 bits per heavy atom. The number of hydrogen-bond donors (Lipinski definition) is 1. The maximum absolute atomic E-state index is 11.9. The number of hydrogen-bond acceptors (Lipinski definition) is 3. The minimum Gasteiger partial charge on any atom is -0.486 e. The summed E-state index contributed by atoms with van der Waals surface area (Å²) in [5, 5.41) is 0. The zero-order valence-corrected chi connectivity index (χ0v) is 9.04. The summed E-state index contributed by atoms with van der Waals surface area (Å²) >= 11 is 0. The highest BCUT2D eigenvalue weighted by Crippen LogP contribution is 2.35. The fourth-order valence-electron chi connectivity index (χ4n) is 1.79. The molecule has 0 bridgehead atoms. The molecule has 1 aromatic rings. The molecule has 1 atom stereocenters. The van der Waals surface area contributed by atoms with Gasteiger partial charge in [0, 0.05) is 5.69 Å². The van der Waals surface area contributed by atoms with Crippen molar-refractivity contribution in [2.45, 2.75) is 32.3 Å². The molecular weight excluding hydrogens is 190 g/mol. The predicted octanol–water partition coefficient (Wildman–Crippen LogP) is 2.40. The van der Waals surface area contributed by atoms with Crippen molar-refractivity contribution in [1.82, 2.24) is 0 Å². The number of anilines is 1. The van der Waals surface area contributed by atoms with Gasteiger partial charge in [0.2, 0.25) is 0 Å². The van der Waals surface area contributed by atoms with Crippen LogP contribution in [-0.2, 0) is 0 Å². The van der Waals surface area contributed by atoms with E-state index in [2.05, 4.69) is 0 Å². The average molecular weight is 205 g/mol. The fourth-order valence-corrected chi connectivity index (χ4v) is 1.79. The van der Waals surface area contributed by atoms with Crippen molar-refractivity contribution >= 4 is 11.5 Å². The summed E-state index contributed by atoms with van der Waals surface area (Å²) in [5.41, 5.74) is 6.49. The molecule has 15 heavy (non-hydrogen) atoms. The van der Waals surface area contributed by atoms with Crippen LogP contribution in [0.15, 0.2) is 18.2 Å². The van der Waals surface area contributed by atoms with Gasteiger partial charge in [0.25, 0.3) is 0 Å². The van der Waals surface area contributed by atoms with Crippen LogP contribution in [0.4, 0.5) is 5.69 Å². The first-order valence-corrected chi connectivity index (χ1v) is 5.16. The van der Waals surface area contributed by atoms with Gasteiger partial charge in [-0.15, -0.1) is 0 Å². The largest absolute Gasteiger partial charge is 0.486 e. The minimum absolute atomic E-state index is 0.118. The Bertz CT molecular complexity index is 414. The molecule has 1 aliphatic rings. The Morgan fingerprint density at radius 1 is 1.53 bits per heavy atom. The molecule has 1 unspecified atom stereocenters. The Hall–Kier alpha value is -1.51. The molecule has 2 N–H and O–H groups in total. The topological polar surface area (TPSA) is 52.3 Å². The third kappa shape index (κ3) is 1.69. The normalized spacial score (nSPS) is 24.5. The fraction of sp³-hybridized carbons (Fsp3) is 0.417. The van der Waals surface area contributed by atoms with E-state index in [1.165, 1.54) is 0 Å². The van der Waals surface area contributed by atoms with Crippen LogP contribution in [0.3, 0.4) is 0 Å². The molecule has 0 fully saturated rings. The van der Waals surface area contributed by atoms with E-state index in [4.69, 9.17) is 10.5 Å². The molecule has 0 saturated heterocycles. The minimum atomic E-state index is -0.361. The number of ether oxygens (including phenoxy) is 1. The van der Waals surface area contributed by atoms with Gasteiger partial charge in [0.1, 0.15) is 11.4 Å². The Morgan fingerprint density at radius 3 is 2.93 bits per heavy atom. The van der Waals surface area contributed by atoms with E-state index in [9.17, 15) is 4.79 Å². The van der Waals surface area contributed by atoms with E-state index >= 15 is 0 Å². The molecule has 1 heterocycles. The molecule has 1 aliphatic heterocycles. The van der Waals surface area contributed by atoms with Crippen LogP contribution in [0.2, 0.25) is 0 Å². The molecule has 0 spiro atoms. The maximum atomic E-state index is 11.9. The van der Waals surface area contributed by atoms with Crippen LogP contribution < -0.4 is 10.5 Å². The van der Waals surface area contributed by atoms with Gasteiger partial charge in [0.15, 0.2) is 5.78 Å². The Balaban J connectivity index is 2.45. The first-order valence-electron chi connectivity index (χ1n) is 5.16. The molecule has 0 aromatic heterocycles. The third-order valence-corrected chi connectivity index (χ3v) is 2.94. The molecular formula is C12H15NO2. The van der Waals surface area contributed by atoms with Crippen LogP contribution in [0, 0.1) is 0 Å². The zero-order chi connectivity index (χ0) is 11.1. The van der Waals surface area contributed by atoms with Crippen molar-refractivity contribution in [3.05, 3.63) is 23.8 Å². The first-order chi connectivity index (χ1) is 7.04. The summed E-state index contributed by atoms with van der Waals surface area (Å²) < 4.78 is 5.82. The highest BCUT2D eigenvalue weighted by Gasteiger charge is 2.34. The quantitative estimate of drug-likeness (QED) is 0.716. The summed E-state index contributed by atoms with van der Waals surface area (Å²) in [6.45, 7) is 3.99. The van der Waals surface area contributed by atoms with Crippen molar-refractivity contribution in [2.24, 2.45) is 0 Å². The number of nitrogens with two attached hydrogens (primary N) is 1. The van der Waals surface area contributed by atoms with E-state index in [0.29, 0.717) is 23.4 Å². The summed E-state index contributed by atoms with van der Waals surface area (Å²) in [6.07, 6.45) is 1.25. The first kappa shape index (κ1) is 10.0. The number of rotatable bonds is 1. The molecule has 0 aliphatic carbocycles. The van der Waals surface area contributed by atoms with E-state index in [0.717, 1.165) is 6.42 Å². The smallest absolute Gasteiger partial charge is 0.170 e. The van der Waals surface area contributed by atoms with Gasteiger partial charge in [0.05, 0.1) is 12.0 Å². The lowest BCUT2D eigenvalue weighted by Gasteiger charge is -2.34. The molecule has 0 radical (unpaired) electrons. The number of ketones is 1. The summed E-state index contributed by atoms with van der Waals surface area (Å²) in [6, 6.07) is 5.22. The average Bonchev–Trinajstić information content (AvgIpc) is 2.20. The molecule has 0 saturated carbocycles. The number of benzene rings is 1. The number of fused-ring (bicyclic) bond motifs is 1. The highest BCUT2D eigenvalue weighted by atomic mass is 16.5. The van der Waals surface area contributed by atoms with E-state index in [-0.39, 0.29) is 11.4 Å². The van der Waals surface area contributed by atoms with E-state index < -0.39 is 0 Å². The van der Waals surface area contributed by atoms with Gasteiger partial charge in [-0.1, -0.05) is 6.92 Å². The predicted molar refractivity (Wildman–Crippen MR) is 59.1 cm³/mol. The van der Waals surface area contributed by atoms with Gasteiger partial charge in [-0.05, 0) is 31.5 Å². The molecule has 80 valence electrons. The maximum Gasteiger partial charge on any atom is 0.170 e. The molecule has 2 rings (SSSR count). The van der Waals surface area contributed by atoms with E-state index in [1.807, 2.05) is 13.8 Å². The SMILES string of the molecule is CCC1(C)CC(=O)c2cc(N)ccc2O1. The monoisotopic (exact) mass is 205 g/mol. The Labute approximate surface area is 89.2 Å². The van der Waals surface area contributed by atoms with Gasteiger partial charge in [-0.25, -0.2) is 0 Å².